The van der Waals surface area contributed by atoms with Crippen LogP contribution in [0.15, 0.2) is 16.3 Å². The number of hydrogen-bond donors (Lipinski definition) is 1. The maximum absolute atomic E-state index is 11.2. The van der Waals surface area contributed by atoms with Gasteiger partial charge >= 0.3 is 0 Å². The molecule has 0 saturated carbocycles. The third-order valence-electron chi connectivity index (χ3n) is 1.42. The van der Waals surface area contributed by atoms with Crippen molar-refractivity contribution in [2.45, 2.75) is 11.8 Å². The minimum absolute atomic E-state index is 0.0366. The van der Waals surface area contributed by atoms with Crippen molar-refractivity contribution in [1.29, 1.82) is 0 Å². The Morgan fingerprint density at radius 3 is 2.71 bits per heavy atom. The fourth-order valence-corrected chi connectivity index (χ4v) is 2.90. The molecule has 0 aliphatic carbocycles. The van der Waals surface area contributed by atoms with E-state index >= 15 is 0 Å². The summed E-state index contributed by atoms with van der Waals surface area (Å²) in [6.07, 6.45) is 0. The van der Waals surface area contributed by atoms with Crippen molar-refractivity contribution in [3.8, 4) is 0 Å². The summed E-state index contributed by atoms with van der Waals surface area (Å²) in [6, 6.07) is 1.26. The molecule has 1 rings (SSSR count). The number of nitrogens with one attached hydrogen (secondary N) is 1. The summed E-state index contributed by atoms with van der Waals surface area (Å²) in [5, 5.41) is 3.90. The van der Waals surface area contributed by atoms with Gasteiger partial charge in [-0.3, -0.25) is 4.79 Å². The first-order chi connectivity index (χ1) is 6.45. The highest BCUT2D eigenvalue weighted by molar-refractivity contribution is 8.13. The van der Waals surface area contributed by atoms with Gasteiger partial charge in [-0.25, -0.2) is 8.42 Å². The Bertz CT molecular complexity index is 438. The fourth-order valence-electron chi connectivity index (χ4n) is 0.813. The molecular formula is C7H8ClNO3S2. The van der Waals surface area contributed by atoms with Crippen molar-refractivity contribution >= 4 is 37.0 Å². The van der Waals surface area contributed by atoms with Gasteiger partial charge in [-0.1, -0.05) is 0 Å². The molecule has 0 atom stereocenters. The molecule has 0 spiro atoms. The number of carbonyl (C=O) groups excluding carboxylic acids is 1. The molecule has 0 bridgehead atoms. The monoisotopic (exact) mass is 253 g/mol. The number of amides is 1. The molecule has 0 radical (unpaired) electrons. The molecule has 1 N–H and O–H groups in total. The fraction of sp³-hybridized carbons (Fsp3) is 0.286. The van der Waals surface area contributed by atoms with Gasteiger partial charge in [0, 0.05) is 22.6 Å². The number of thiophene rings is 1. The zero-order valence-corrected chi connectivity index (χ0v) is 9.67. The van der Waals surface area contributed by atoms with Gasteiger partial charge in [0.2, 0.25) is 0 Å². The van der Waals surface area contributed by atoms with Gasteiger partial charge in [0.1, 0.15) is 0 Å². The summed E-state index contributed by atoms with van der Waals surface area (Å²) in [5.41, 5.74) is 0. The Labute approximate surface area is 90.3 Å². The van der Waals surface area contributed by atoms with Gasteiger partial charge in [0.05, 0.1) is 9.77 Å². The lowest BCUT2D eigenvalue weighted by Crippen LogP contribution is -2.21. The third-order valence-corrected chi connectivity index (χ3v) is 3.83. The van der Waals surface area contributed by atoms with Crippen LogP contribution >= 0.6 is 22.0 Å². The zero-order chi connectivity index (χ0) is 10.8. The zero-order valence-electron chi connectivity index (χ0n) is 7.28. The summed E-state index contributed by atoms with van der Waals surface area (Å²) < 4.78 is 21.7. The lowest BCUT2D eigenvalue weighted by Gasteiger charge is -1.96. The minimum Gasteiger partial charge on any atom is -0.352 e. The highest BCUT2D eigenvalue weighted by Gasteiger charge is 2.15. The Hall–Kier alpha value is -0.590. The van der Waals surface area contributed by atoms with Crippen molar-refractivity contribution < 1.29 is 13.2 Å². The average molecular weight is 254 g/mol. The Balaban J connectivity index is 2.94. The Kier molecular flexibility index (Phi) is 3.52. The van der Waals surface area contributed by atoms with Crippen molar-refractivity contribution in [1.82, 2.24) is 5.32 Å². The molecule has 7 heteroatoms. The van der Waals surface area contributed by atoms with Crippen LogP contribution < -0.4 is 5.32 Å². The van der Waals surface area contributed by atoms with Crippen molar-refractivity contribution in [2.75, 3.05) is 6.54 Å². The minimum atomic E-state index is -3.73. The van der Waals surface area contributed by atoms with Gasteiger partial charge in [-0.2, -0.15) is 0 Å². The van der Waals surface area contributed by atoms with Crippen molar-refractivity contribution in [2.24, 2.45) is 0 Å². The molecule has 0 unspecified atom stereocenters. The molecule has 1 aromatic heterocycles. The number of hydrogen-bond acceptors (Lipinski definition) is 4. The molecule has 4 nitrogen and oxygen atoms in total. The van der Waals surface area contributed by atoms with E-state index in [1.807, 2.05) is 0 Å². The highest BCUT2D eigenvalue weighted by atomic mass is 35.7. The normalized spacial score (nSPS) is 11.3. The van der Waals surface area contributed by atoms with E-state index in [0.29, 0.717) is 11.4 Å². The summed E-state index contributed by atoms with van der Waals surface area (Å²) in [7, 11) is 1.37. The smallest absolute Gasteiger partial charge is 0.262 e. The van der Waals surface area contributed by atoms with Gasteiger partial charge in [0.25, 0.3) is 15.0 Å². The van der Waals surface area contributed by atoms with Crippen LogP contribution in [-0.2, 0) is 9.05 Å². The second kappa shape index (κ2) is 4.29. The molecule has 0 saturated heterocycles. The van der Waals surface area contributed by atoms with Crippen LogP contribution in [0.1, 0.15) is 16.6 Å². The van der Waals surface area contributed by atoms with E-state index in [-0.39, 0.29) is 10.8 Å². The van der Waals surface area contributed by atoms with Crippen LogP contribution in [0.2, 0.25) is 0 Å². The SMILES string of the molecule is CCNC(=O)c1cc(S(=O)(=O)Cl)cs1. The quantitative estimate of drug-likeness (QED) is 0.829. The molecule has 0 aromatic carbocycles. The van der Waals surface area contributed by atoms with E-state index in [9.17, 15) is 13.2 Å². The summed E-state index contributed by atoms with van der Waals surface area (Å²) in [4.78, 5) is 11.5. The third kappa shape index (κ3) is 2.70. The van der Waals surface area contributed by atoms with Gasteiger partial charge in [0.15, 0.2) is 0 Å². The van der Waals surface area contributed by atoms with Crippen molar-refractivity contribution in [3.63, 3.8) is 0 Å². The van der Waals surface area contributed by atoms with E-state index in [0.717, 1.165) is 11.3 Å². The largest absolute Gasteiger partial charge is 0.352 e. The molecule has 0 fully saturated rings. The highest BCUT2D eigenvalue weighted by Crippen LogP contribution is 2.22. The lowest BCUT2D eigenvalue weighted by atomic mass is 10.4. The average Bonchev–Trinajstić information content (AvgIpc) is 2.51. The summed E-state index contributed by atoms with van der Waals surface area (Å²) in [5.74, 6) is -0.288. The second-order valence-corrected chi connectivity index (χ2v) is 5.92. The Morgan fingerprint density at radius 2 is 2.29 bits per heavy atom. The first-order valence-corrected chi connectivity index (χ1v) is 6.95. The van der Waals surface area contributed by atoms with Gasteiger partial charge < -0.3 is 5.32 Å². The van der Waals surface area contributed by atoms with Crippen LogP contribution in [0.4, 0.5) is 0 Å². The first kappa shape index (κ1) is 11.5. The van der Waals surface area contributed by atoms with Crippen LogP contribution in [0, 0.1) is 0 Å². The van der Waals surface area contributed by atoms with Crippen LogP contribution in [0.25, 0.3) is 0 Å². The van der Waals surface area contributed by atoms with Crippen LogP contribution in [0.3, 0.4) is 0 Å². The molecule has 78 valence electrons. The molecule has 14 heavy (non-hydrogen) atoms. The molecule has 0 aliphatic heterocycles. The van der Waals surface area contributed by atoms with Gasteiger partial charge in [-0.05, 0) is 13.0 Å². The van der Waals surface area contributed by atoms with E-state index in [1.165, 1.54) is 11.4 Å². The summed E-state index contributed by atoms with van der Waals surface area (Å²) >= 11 is 1.05. The van der Waals surface area contributed by atoms with Crippen molar-refractivity contribution in [3.05, 3.63) is 16.3 Å². The van der Waals surface area contributed by atoms with Gasteiger partial charge in [-0.15, -0.1) is 11.3 Å². The van der Waals surface area contributed by atoms with E-state index in [4.69, 9.17) is 10.7 Å². The predicted molar refractivity (Wildman–Crippen MR) is 55.4 cm³/mol. The lowest BCUT2D eigenvalue weighted by molar-refractivity contribution is 0.0960. The predicted octanol–water partition coefficient (Wildman–Crippen LogP) is 1.43. The number of carbonyl (C=O) groups is 1. The number of halogens is 1. The topological polar surface area (TPSA) is 63.2 Å². The Morgan fingerprint density at radius 1 is 1.64 bits per heavy atom. The second-order valence-electron chi connectivity index (χ2n) is 2.44. The molecule has 1 aromatic rings. The summed E-state index contributed by atoms with van der Waals surface area (Å²) in [6.45, 7) is 2.28. The maximum atomic E-state index is 11.2. The van der Waals surface area contributed by atoms with Crippen LogP contribution in [0.5, 0.6) is 0 Å². The molecule has 1 heterocycles. The van der Waals surface area contributed by atoms with E-state index in [1.54, 1.807) is 6.92 Å². The molecule has 1 amide bonds. The van der Waals surface area contributed by atoms with Crippen LogP contribution in [-0.4, -0.2) is 20.9 Å². The standard InChI is InChI=1S/C7H8ClNO3S2/c1-2-9-7(10)6-3-5(4-13-6)14(8,11)12/h3-4H,2H2,1H3,(H,9,10). The molecular weight excluding hydrogens is 246 g/mol. The maximum Gasteiger partial charge on any atom is 0.262 e. The number of rotatable bonds is 3. The van der Waals surface area contributed by atoms with E-state index in [2.05, 4.69) is 5.32 Å². The van der Waals surface area contributed by atoms with E-state index < -0.39 is 9.05 Å². The molecule has 0 aliphatic rings. The first-order valence-electron chi connectivity index (χ1n) is 3.76.